The molecule has 0 aliphatic heterocycles. The summed E-state index contributed by atoms with van der Waals surface area (Å²) in [4.78, 5) is 20.1. The molecule has 1 unspecified atom stereocenters. The molecule has 0 saturated carbocycles. The molecule has 3 rings (SSSR count). The average molecular weight is 365 g/mol. The van der Waals surface area contributed by atoms with Gasteiger partial charge in [-0.05, 0) is 47.7 Å². The summed E-state index contributed by atoms with van der Waals surface area (Å²) in [5.74, 6) is 1.38. The van der Waals surface area contributed by atoms with E-state index in [9.17, 15) is 4.79 Å². The summed E-state index contributed by atoms with van der Waals surface area (Å²) in [7, 11) is 1.67. The third-order valence-electron chi connectivity index (χ3n) is 4.96. The molecule has 0 aliphatic rings. The Balaban J connectivity index is 1.68. The molecule has 2 N–H and O–H groups in total. The molecule has 2 heterocycles. The van der Waals surface area contributed by atoms with E-state index in [2.05, 4.69) is 29.1 Å². The average Bonchev–Trinajstić information content (AvgIpc) is 3.09. The van der Waals surface area contributed by atoms with E-state index in [4.69, 9.17) is 4.74 Å². The first kappa shape index (κ1) is 19.0. The molecule has 3 aromatic rings. The van der Waals surface area contributed by atoms with Gasteiger partial charge in [-0.3, -0.25) is 9.78 Å². The second-order valence-corrected chi connectivity index (χ2v) is 7.13. The Bertz CT molecular complexity index is 887. The molecule has 5 nitrogen and oxygen atoms in total. The highest BCUT2D eigenvalue weighted by Crippen LogP contribution is 2.34. The molecule has 27 heavy (non-hydrogen) atoms. The molecule has 0 spiro atoms. The maximum absolute atomic E-state index is 12.5. The summed E-state index contributed by atoms with van der Waals surface area (Å²) in [6.45, 7) is 4.91. The van der Waals surface area contributed by atoms with Crippen LogP contribution in [0.1, 0.15) is 37.4 Å². The zero-order valence-corrected chi connectivity index (χ0v) is 16.2. The zero-order valence-electron chi connectivity index (χ0n) is 16.2. The first-order valence-corrected chi connectivity index (χ1v) is 9.40. The first-order valence-electron chi connectivity index (χ1n) is 9.40. The van der Waals surface area contributed by atoms with Gasteiger partial charge in [0.15, 0.2) is 0 Å². The van der Waals surface area contributed by atoms with Crippen molar-refractivity contribution in [2.45, 2.75) is 32.6 Å². The van der Waals surface area contributed by atoms with Gasteiger partial charge in [0, 0.05) is 48.4 Å². The number of nitrogens with one attached hydrogen (secondary N) is 2. The number of pyridine rings is 1. The Morgan fingerprint density at radius 1 is 1.26 bits per heavy atom. The van der Waals surface area contributed by atoms with Crippen LogP contribution in [0.25, 0.3) is 10.9 Å². The van der Waals surface area contributed by atoms with Gasteiger partial charge in [-0.1, -0.05) is 19.9 Å². The lowest BCUT2D eigenvalue weighted by atomic mass is 9.85. The molecule has 0 aliphatic carbocycles. The van der Waals surface area contributed by atoms with Gasteiger partial charge in [-0.25, -0.2) is 0 Å². The van der Waals surface area contributed by atoms with E-state index in [0.717, 1.165) is 28.8 Å². The lowest BCUT2D eigenvalue weighted by Gasteiger charge is -2.20. The van der Waals surface area contributed by atoms with Crippen LogP contribution < -0.4 is 10.1 Å². The van der Waals surface area contributed by atoms with E-state index in [1.54, 1.807) is 13.3 Å². The molecule has 0 radical (unpaired) electrons. The maximum Gasteiger partial charge on any atom is 0.220 e. The molecular formula is C22H27N3O2. The van der Waals surface area contributed by atoms with Gasteiger partial charge in [0.1, 0.15) is 5.75 Å². The quantitative estimate of drug-likeness (QED) is 0.632. The zero-order chi connectivity index (χ0) is 19.2. The third-order valence-corrected chi connectivity index (χ3v) is 4.96. The van der Waals surface area contributed by atoms with E-state index >= 15 is 0 Å². The molecule has 0 saturated heterocycles. The van der Waals surface area contributed by atoms with Crippen molar-refractivity contribution in [3.05, 3.63) is 60.0 Å². The van der Waals surface area contributed by atoms with Crippen LogP contribution in [0.15, 0.2) is 48.8 Å². The van der Waals surface area contributed by atoms with Crippen molar-refractivity contribution in [3.63, 3.8) is 0 Å². The lowest BCUT2D eigenvalue weighted by molar-refractivity contribution is -0.121. The van der Waals surface area contributed by atoms with Crippen molar-refractivity contribution in [1.82, 2.24) is 15.3 Å². The highest BCUT2D eigenvalue weighted by Gasteiger charge is 2.22. The number of carbonyl (C=O) groups excluding carboxylic acids is 1. The monoisotopic (exact) mass is 365 g/mol. The Labute approximate surface area is 160 Å². The highest BCUT2D eigenvalue weighted by molar-refractivity contribution is 5.86. The third kappa shape index (κ3) is 4.67. The molecule has 1 atom stereocenters. The van der Waals surface area contributed by atoms with Crippen LogP contribution in [-0.2, 0) is 11.2 Å². The molecule has 1 aromatic carbocycles. The van der Waals surface area contributed by atoms with Gasteiger partial charge in [0.05, 0.1) is 7.11 Å². The Morgan fingerprint density at radius 3 is 2.81 bits per heavy atom. The van der Waals surface area contributed by atoms with Crippen LogP contribution in [0.3, 0.4) is 0 Å². The van der Waals surface area contributed by atoms with Gasteiger partial charge in [0.25, 0.3) is 0 Å². The standard InChI is InChI=1S/C22H27N3O2/c1-15(2)18(13-22(26)24-11-9-16-6-4-5-10-23-16)20-14-25-21-8-7-17(27-3)12-19(20)21/h4-8,10,12,14-15,18,25H,9,11,13H2,1-3H3,(H,24,26). The molecular weight excluding hydrogens is 338 g/mol. The summed E-state index contributed by atoms with van der Waals surface area (Å²) in [5.41, 5.74) is 3.22. The minimum atomic E-state index is 0.0712. The summed E-state index contributed by atoms with van der Waals surface area (Å²) < 4.78 is 5.36. The van der Waals surface area contributed by atoms with Gasteiger partial charge >= 0.3 is 0 Å². The van der Waals surface area contributed by atoms with Gasteiger partial charge in [-0.15, -0.1) is 0 Å². The van der Waals surface area contributed by atoms with Crippen LogP contribution >= 0.6 is 0 Å². The number of benzene rings is 1. The van der Waals surface area contributed by atoms with Crippen LogP contribution in [-0.4, -0.2) is 29.5 Å². The van der Waals surface area contributed by atoms with Crippen molar-refractivity contribution in [1.29, 1.82) is 0 Å². The predicted molar refractivity (Wildman–Crippen MR) is 108 cm³/mol. The van der Waals surface area contributed by atoms with Crippen molar-refractivity contribution >= 4 is 16.8 Å². The van der Waals surface area contributed by atoms with Crippen molar-refractivity contribution in [2.24, 2.45) is 5.92 Å². The van der Waals surface area contributed by atoms with Gasteiger partial charge in [0.2, 0.25) is 5.91 Å². The number of methoxy groups -OCH3 is 1. The van der Waals surface area contributed by atoms with Crippen LogP contribution in [0.4, 0.5) is 0 Å². The maximum atomic E-state index is 12.5. The number of H-pyrrole nitrogens is 1. The summed E-state index contributed by atoms with van der Waals surface area (Å²) in [5, 5.41) is 4.15. The van der Waals surface area contributed by atoms with E-state index < -0.39 is 0 Å². The predicted octanol–water partition coefficient (Wildman–Crippen LogP) is 4.06. The molecule has 142 valence electrons. The van der Waals surface area contributed by atoms with E-state index in [1.165, 1.54) is 5.56 Å². The molecule has 0 fully saturated rings. The largest absolute Gasteiger partial charge is 0.497 e. The van der Waals surface area contributed by atoms with Crippen LogP contribution in [0.2, 0.25) is 0 Å². The number of fused-ring (bicyclic) bond motifs is 1. The van der Waals surface area contributed by atoms with Crippen molar-refractivity contribution in [3.8, 4) is 5.75 Å². The molecule has 0 bridgehead atoms. The fourth-order valence-corrected chi connectivity index (χ4v) is 3.41. The van der Waals surface area contributed by atoms with E-state index in [1.807, 2.05) is 42.6 Å². The van der Waals surface area contributed by atoms with E-state index in [0.29, 0.717) is 18.9 Å². The minimum Gasteiger partial charge on any atom is -0.497 e. The molecule has 1 amide bonds. The first-order chi connectivity index (χ1) is 13.1. The Morgan fingerprint density at radius 2 is 2.11 bits per heavy atom. The topological polar surface area (TPSA) is 67.0 Å². The number of nitrogens with zero attached hydrogens (tertiary/aromatic N) is 1. The molecule has 2 aromatic heterocycles. The van der Waals surface area contributed by atoms with Crippen LogP contribution in [0.5, 0.6) is 5.75 Å². The molecule has 5 heteroatoms. The lowest BCUT2D eigenvalue weighted by Crippen LogP contribution is -2.28. The fourth-order valence-electron chi connectivity index (χ4n) is 3.41. The summed E-state index contributed by atoms with van der Waals surface area (Å²) in [6, 6.07) is 11.8. The highest BCUT2D eigenvalue weighted by atomic mass is 16.5. The summed E-state index contributed by atoms with van der Waals surface area (Å²) >= 11 is 0. The minimum absolute atomic E-state index is 0.0712. The normalized spacial score (nSPS) is 12.3. The van der Waals surface area contributed by atoms with Crippen molar-refractivity contribution in [2.75, 3.05) is 13.7 Å². The van der Waals surface area contributed by atoms with E-state index in [-0.39, 0.29) is 11.8 Å². The number of aromatic nitrogens is 2. The second-order valence-electron chi connectivity index (χ2n) is 7.13. The Kier molecular flexibility index (Phi) is 6.12. The summed E-state index contributed by atoms with van der Waals surface area (Å²) in [6.07, 6.45) is 5.00. The number of carbonyl (C=O) groups is 1. The SMILES string of the molecule is COc1ccc2[nH]cc(C(CC(=O)NCCc3ccccn3)C(C)C)c2c1. The number of aromatic amines is 1. The van der Waals surface area contributed by atoms with Gasteiger partial charge in [-0.2, -0.15) is 0 Å². The smallest absolute Gasteiger partial charge is 0.220 e. The number of hydrogen-bond donors (Lipinski definition) is 2. The van der Waals surface area contributed by atoms with Crippen molar-refractivity contribution < 1.29 is 9.53 Å². The number of rotatable bonds is 8. The number of amides is 1. The second kappa shape index (κ2) is 8.71. The number of ether oxygens (including phenoxy) is 1. The van der Waals surface area contributed by atoms with Gasteiger partial charge < -0.3 is 15.0 Å². The fraction of sp³-hybridized carbons (Fsp3) is 0.364. The Hall–Kier alpha value is -2.82. The number of hydrogen-bond acceptors (Lipinski definition) is 3. The van der Waals surface area contributed by atoms with Crippen LogP contribution in [0, 0.1) is 5.92 Å².